The standard InChI is InChI=1S/C14H19N3O/c18-14(17-11-4-2-1-3-5-11)13-8-12(10-6-7-10)15-9-16-13/h8-11H,1-7H2,(H,17,18). The fourth-order valence-electron chi connectivity index (χ4n) is 2.61. The van der Waals surface area contributed by atoms with Crippen LogP contribution < -0.4 is 5.32 Å². The van der Waals surface area contributed by atoms with Gasteiger partial charge < -0.3 is 5.32 Å². The average Bonchev–Trinajstić information content (AvgIpc) is 3.24. The first-order chi connectivity index (χ1) is 8.83. The van der Waals surface area contributed by atoms with E-state index < -0.39 is 0 Å². The second kappa shape index (κ2) is 5.04. The molecule has 2 fully saturated rings. The number of nitrogens with zero attached hydrogens (tertiary/aromatic N) is 2. The highest BCUT2D eigenvalue weighted by Gasteiger charge is 2.26. The maximum Gasteiger partial charge on any atom is 0.270 e. The highest BCUT2D eigenvalue weighted by atomic mass is 16.1. The smallest absolute Gasteiger partial charge is 0.270 e. The molecule has 0 aliphatic heterocycles. The quantitative estimate of drug-likeness (QED) is 0.889. The molecule has 0 unspecified atom stereocenters. The van der Waals surface area contributed by atoms with Crippen molar-refractivity contribution in [2.75, 3.05) is 0 Å². The van der Waals surface area contributed by atoms with Crippen LogP contribution in [-0.4, -0.2) is 21.9 Å². The highest BCUT2D eigenvalue weighted by Crippen LogP contribution is 2.38. The second-order valence-corrected chi connectivity index (χ2v) is 5.41. The van der Waals surface area contributed by atoms with Gasteiger partial charge in [-0.15, -0.1) is 0 Å². The molecular formula is C14H19N3O. The lowest BCUT2D eigenvalue weighted by atomic mass is 9.95. The van der Waals surface area contributed by atoms with Gasteiger partial charge in [0.25, 0.3) is 5.91 Å². The Morgan fingerprint density at radius 2 is 1.89 bits per heavy atom. The Hall–Kier alpha value is -1.45. The van der Waals surface area contributed by atoms with Crippen molar-refractivity contribution < 1.29 is 4.79 Å². The molecule has 2 aliphatic rings. The van der Waals surface area contributed by atoms with Crippen LogP contribution in [0, 0.1) is 0 Å². The van der Waals surface area contributed by atoms with Gasteiger partial charge in [0.2, 0.25) is 0 Å². The van der Waals surface area contributed by atoms with E-state index in [1.165, 1.54) is 38.4 Å². The summed E-state index contributed by atoms with van der Waals surface area (Å²) in [6, 6.07) is 2.20. The van der Waals surface area contributed by atoms with Gasteiger partial charge >= 0.3 is 0 Å². The number of carbonyl (C=O) groups is 1. The normalized spacial score (nSPS) is 20.7. The Kier molecular flexibility index (Phi) is 3.26. The summed E-state index contributed by atoms with van der Waals surface area (Å²) in [5.41, 5.74) is 1.55. The maximum atomic E-state index is 12.1. The predicted molar refractivity (Wildman–Crippen MR) is 68.3 cm³/mol. The summed E-state index contributed by atoms with van der Waals surface area (Å²) in [5, 5.41) is 3.09. The first-order valence-electron chi connectivity index (χ1n) is 6.96. The van der Waals surface area contributed by atoms with Gasteiger partial charge in [0, 0.05) is 17.7 Å². The Labute approximate surface area is 107 Å². The van der Waals surface area contributed by atoms with Crippen molar-refractivity contribution in [3.05, 3.63) is 23.8 Å². The van der Waals surface area contributed by atoms with Crippen molar-refractivity contribution in [2.24, 2.45) is 0 Å². The predicted octanol–water partition coefficient (Wildman–Crippen LogP) is 2.42. The van der Waals surface area contributed by atoms with Crippen LogP contribution in [0.5, 0.6) is 0 Å². The summed E-state index contributed by atoms with van der Waals surface area (Å²) in [6.07, 6.45) is 9.86. The molecule has 18 heavy (non-hydrogen) atoms. The van der Waals surface area contributed by atoms with Gasteiger partial charge in [-0.3, -0.25) is 4.79 Å². The highest BCUT2D eigenvalue weighted by molar-refractivity contribution is 5.92. The average molecular weight is 245 g/mol. The first kappa shape index (κ1) is 11.6. The first-order valence-corrected chi connectivity index (χ1v) is 6.96. The van der Waals surface area contributed by atoms with Crippen molar-refractivity contribution in [1.82, 2.24) is 15.3 Å². The topological polar surface area (TPSA) is 54.9 Å². The van der Waals surface area contributed by atoms with E-state index in [2.05, 4.69) is 15.3 Å². The fraction of sp³-hybridized carbons (Fsp3) is 0.643. The molecule has 1 aromatic rings. The summed E-state index contributed by atoms with van der Waals surface area (Å²) in [5.74, 6) is 0.528. The van der Waals surface area contributed by atoms with Gasteiger partial charge in [0.15, 0.2) is 0 Å². The molecule has 1 heterocycles. The molecule has 2 aliphatic carbocycles. The van der Waals surface area contributed by atoms with Crippen LogP contribution in [0.2, 0.25) is 0 Å². The maximum absolute atomic E-state index is 12.1. The molecule has 0 aromatic carbocycles. The monoisotopic (exact) mass is 245 g/mol. The van der Waals surface area contributed by atoms with Crippen LogP contribution in [0.3, 0.4) is 0 Å². The third-order valence-electron chi connectivity index (χ3n) is 3.86. The zero-order chi connectivity index (χ0) is 12.4. The molecule has 4 heteroatoms. The Morgan fingerprint density at radius 3 is 2.61 bits per heavy atom. The molecule has 0 bridgehead atoms. The lowest BCUT2D eigenvalue weighted by molar-refractivity contribution is 0.0922. The van der Waals surface area contributed by atoms with Crippen LogP contribution in [0.25, 0.3) is 0 Å². The van der Waals surface area contributed by atoms with Gasteiger partial charge in [0.05, 0.1) is 0 Å². The summed E-state index contributed by atoms with van der Waals surface area (Å²) in [6.45, 7) is 0. The second-order valence-electron chi connectivity index (χ2n) is 5.41. The lowest BCUT2D eigenvalue weighted by Crippen LogP contribution is -2.36. The van der Waals surface area contributed by atoms with Crippen molar-refractivity contribution in [1.29, 1.82) is 0 Å². The fourth-order valence-corrected chi connectivity index (χ4v) is 2.61. The number of rotatable bonds is 3. The van der Waals surface area contributed by atoms with E-state index in [1.54, 1.807) is 0 Å². The molecule has 96 valence electrons. The molecule has 4 nitrogen and oxygen atoms in total. The van der Waals surface area contributed by atoms with Crippen LogP contribution >= 0.6 is 0 Å². The van der Waals surface area contributed by atoms with Crippen LogP contribution in [0.4, 0.5) is 0 Å². The van der Waals surface area contributed by atoms with Crippen molar-refractivity contribution in [3.63, 3.8) is 0 Å². The molecular weight excluding hydrogens is 226 g/mol. The van der Waals surface area contributed by atoms with E-state index in [0.29, 0.717) is 17.7 Å². The molecule has 0 spiro atoms. The van der Waals surface area contributed by atoms with Gasteiger partial charge in [-0.2, -0.15) is 0 Å². The van der Waals surface area contributed by atoms with E-state index in [0.717, 1.165) is 18.5 Å². The van der Waals surface area contributed by atoms with Gasteiger partial charge in [-0.05, 0) is 31.7 Å². The van der Waals surface area contributed by atoms with Gasteiger partial charge in [-0.1, -0.05) is 19.3 Å². The molecule has 0 atom stereocenters. The molecule has 0 radical (unpaired) electrons. The summed E-state index contributed by atoms with van der Waals surface area (Å²) >= 11 is 0. The summed E-state index contributed by atoms with van der Waals surface area (Å²) in [4.78, 5) is 20.4. The third-order valence-corrected chi connectivity index (χ3v) is 3.86. The van der Waals surface area contributed by atoms with Crippen molar-refractivity contribution in [2.45, 2.75) is 56.9 Å². The van der Waals surface area contributed by atoms with E-state index in [9.17, 15) is 4.79 Å². The molecule has 1 aromatic heterocycles. The number of hydrogen-bond donors (Lipinski definition) is 1. The molecule has 1 N–H and O–H groups in total. The minimum atomic E-state index is -0.0359. The zero-order valence-electron chi connectivity index (χ0n) is 10.6. The molecule has 1 amide bonds. The van der Waals surface area contributed by atoms with E-state index in [1.807, 2.05) is 6.07 Å². The third kappa shape index (κ3) is 2.68. The Morgan fingerprint density at radius 1 is 1.11 bits per heavy atom. The van der Waals surface area contributed by atoms with E-state index in [4.69, 9.17) is 0 Å². The molecule has 3 rings (SSSR count). The number of nitrogens with one attached hydrogen (secondary N) is 1. The number of amides is 1. The van der Waals surface area contributed by atoms with Gasteiger partial charge in [0.1, 0.15) is 12.0 Å². The minimum Gasteiger partial charge on any atom is -0.348 e. The van der Waals surface area contributed by atoms with Crippen molar-refractivity contribution in [3.8, 4) is 0 Å². The lowest BCUT2D eigenvalue weighted by Gasteiger charge is -2.22. The SMILES string of the molecule is O=C(NC1CCCCC1)c1cc(C2CC2)ncn1. The number of hydrogen-bond acceptors (Lipinski definition) is 3. The molecule has 0 saturated heterocycles. The Balaban J connectivity index is 1.65. The minimum absolute atomic E-state index is 0.0359. The van der Waals surface area contributed by atoms with Crippen molar-refractivity contribution >= 4 is 5.91 Å². The number of carbonyl (C=O) groups excluding carboxylic acids is 1. The van der Waals surface area contributed by atoms with E-state index >= 15 is 0 Å². The number of aromatic nitrogens is 2. The van der Waals surface area contributed by atoms with Crippen LogP contribution in [0.15, 0.2) is 12.4 Å². The summed E-state index contributed by atoms with van der Waals surface area (Å²) < 4.78 is 0. The van der Waals surface area contributed by atoms with E-state index in [-0.39, 0.29) is 5.91 Å². The van der Waals surface area contributed by atoms with Gasteiger partial charge in [-0.25, -0.2) is 9.97 Å². The zero-order valence-corrected chi connectivity index (χ0v) is 10.6. The van der Waals surface area contributed by atoms with Crippen LogP contribution in [0.1, 0.15) is 67.0 Å². The molecule has 2 saturated carbocycles. The Bertz CT molecular complexity index is 436. The summed E-state index contributed by atoms with van der Waals surface area (Å²) in [7, 11) is 0. The van der Waals surface area contributed by atoms with Crippen LogP contribution in [-0.2, 0) is 0 Å². The largest absolute Gasteiger partial charge is 0.348 e.